The van der Waals surface area contributed by atoms with E-state index in [-0.39, 0.29) is 11.9 Å². The molecule has 4 nitrogen and oxygen atoms in total. The molecular weight excluding hydrogens is 226 g/mol. The molecule has 1 amide bonds. The van der Waals surface area contributed by atoms with Gasteiger partial charge in [-0.3, -0.25) is 4.79 Å². The minimum atomic E-state index is -0.0796. The van der Waals surface area contributed by atoms with Crippen LogP contribution in [-0.2, 0) is 0 Å². The molecule has 1 saturated carbocycles. The summed E-state index contributed by atoms with van der Waals surface area (Å²) in [6.45, 7) is 2.53. The number of amides is 1. The van der Waals surface area contributed by atoms with Crippen molar-refractivity contribution >= 4 is 5.91 Å². The highest BCUT2D eigenvalue weighted by Crippen LogP contribution is 2.23. The van der Waals surface area contributed by atoms with Crippen LogP contribution in [0.25, 0.3) is 0 Å². The molecule has 2 unspecified atom stereocenters. The molecule has 98 valence electrons. The van der Waals surface area contributed by atoms with Crippen LogP contribution < -0.4 is 11.1 Å². The zero-order valence-corrected chi connectivity index (χ0v) is 10.9. The van der Waals surface area contributed by atoms with Gasteiger partial charge in [0, 0.05) is 11.7 Å². The van der Waals surface area contributed by atoms with E-state index in [2.05, 4.69) is 10.3 Å². The van der Waals surface area contributed by atoms with Gasteiger partial charge in [-0.15, -0.1) is 0 Å². The second kappa shape index (κ2) is 5.96. The van der Waals surface area contributed by atoms with Crippen LogP contribution in [0, 0.1) is 12.8 Å². The third-order valence-corrected chi connectivity index (χ3v) is 3.65. The van der Waals surface area contributed by atoms with E-state index in [9.17, 15) is 4.79 Å². The topological polar surface area (TPSA) is 68.0 Å². The number of aromatic nitrogens is 1. The molecule has 4 heteroatoms. The summed E-state index contributed by atoms with van der Waals surface area (Å²) in [5.41, 5.74) is 7.12. The van der Waals surface area contributed by atoms with Gasteiger partial charge in [-0.2, -0.15) is 0 Å². The van der Waals surface area contributed by atoms with Crippen molar-refractivity contribution in [3.05, 3.63) is 29.6 Å². The maximum absolute atomic E-state index is 12.1. The number of nitrogens with two attached hydrogens (primary N) is 1. The van der Waals surface area contributed by atoms with Gasteiger partial charge in [0.2, 0.25) is 0 Å². The summed E-state index contributed by atoms with van der Waals surface area (Å²) >= 11 is 0. The normalized spacial score (nSPS) is 23.7. The Morgan fingerprint density at radius 3 is 2.94 bits per heavy atom. The van der Waals surface area contributed by atoms with E-state index in [1.807, 2.05) is 19.1 Å². The summed E-state index contributed by atoms with van der Waals surface area (Å²) in [6.07, 6.45) is 4.53. The van der Waals surface area contributed by atoms with Gasteiger partial charge >= 0.3 is 0 Å². The molecule has 2 rings (SSSR count). The van der Waals surface area contributed by atoms with Crippen LogP contribution in [-0.4, -0.2) is 23.5 Å². The second-order valence-electron chi connectivity index (χ2n) is 5.02. The van der Waals surface area contributed by atoms with Gasteiger partial charge in [-0.1, -0.05) is 18.9 Å². The number of nitrogens with one attached hydrogen (secondary N) is 1. The van der Waals surface area contributed by atoms with E-state index in [0.29, 0.717) is 18.2 Å². The van der Waals surface area contributed by atoms with Gasteiger partial charge in [0.1, 0.15) is 5.69 Å². The van der Waals surface area contributed by atoms with Crippen LogP contribution in [0.15, 0.2) is 18.2 Å². The van der Waals surface area contributed by atoms with Crippen molar-refractivity contribution in [3.63, 3.8) is 0 Å². The molecule has 0 aliphatic heterocycles. The summed E-state index contributed by atoms with van der Waals surface area (Å²) in [5.74, 6) is 0.330. The molecule has 1 aromatic rings. The van der Waals surface area contributed by atoms with Crippen molar-refractivity contribution in [1.82, 2.24) is 10.3 Å². The minimum Gasteiger partial charge on any atom is -0.348 e. The average molecular weight is 247 g/mol. The van der Waals surface area contributed by atoms with Crippen molar-refractivity contribution in [2.24, 2.45) is 11.7 Å². The standard InChI is InChI=1S/C14H21N3O/c1-10-5-4-8-13(16-10)14(18)17-12-7-3-2-6-11(12)9-15/h4-5,8,11-12H,2-3,6-7,9,15H2,1H3,(H,17,18). The molecule has 2 atom stereocenters. The fraction of sp³-hybridized carbons (Fsp3) is 0.571. The summed E-state index contributed by atoms with van der Waals surface area (Å²) in [6, 6.07) is 5.71. The fourth-order valence-electron chi connectivity index (χ4n) is 2.59. The predicted octanol–water partition coefficient (Wildman–Crippen LogP) is 1.64. The summed E-state index contributed by atoms with van der Waals surface area (Å²) in [5, 5.41) is 3.08. The summed E-state index contributed by atoms with van der Waals surface area (Å²) in [4.78, 5) is 16.4. The number of rotatable bonds is 3. The number of hydrogen-bond acceptors (Lipinski definition) is 3. The maximum atomic E-state index is 12.1. The quantitative estimate of drug-likeness (QED) is 0.853. The van der Waals surface area contributed by atoms with Crippen molar-refractivity contribution in [1.29, 1.82) is 0 Å². The molecule has 0 radical (unpaired) electrons. The first kappa shape index (κ1) is 13.0. The van der Waals surface area contributed by atoms with Crippen LogP contribution in [0.3, 0.4) is 0 Å². The Labute approximate surface area is 108 Å². The lowest BCUT2D eigenvalue weighted by molar-refractivity contribution is 0.0903. The Morgan fingerprint density at radius 2 is 2.22 bits per heavy atom. The van der Waals surface area contributed by atoms with Crippen LogP contribution in [0.4, 0.5) is 0 Å². The Bertz CT molecular complexity index is 419. The number of hydrogen-bond donors (Lipinski definition) is 2. The molecule has 1 aliphatic rings. The zero-order chi connectivity index (χ0) is 13.0. The van der Waals surface area contributed by atoms with E-state index in [4.69, 9.17) is 5.73 Å². The Hall–Kier alpha value is -1.42. The van der Waals surface area contributed by atoms with Gasteiger partial charge in [-0.05, 0) is 44.4 Å². The zero-order valence-electron chi connectivity index (χ0n) is 10.9. The molecule has 0 aromatic carbocycles. The first-order valence-corrected chi connectivity index (χ1v) is 6.65. The van der Waals surface area contributed by atoms with E-state index >= 15 is 0 Å². The smallest absolute Gasteiger partial charge is 0.270 e. The Morgan fingerprint density at radius 1 is 1.44 bits per heavy atom. The lowest BCUT2D eigenvalue weighted by Crippen LogP contribution is -2.44. The lowest BCUT2D eigenvalue weighted by Gasteiger charge is -2.31. The van der Waals surface area contributed by atoms with Gasteiger partial charge in [0.05, 0.1) is 0 Å². The molecular formula is C14H21N3O. The number of carbonyl (C=O) groups excluding carboxylic acids is 1. The molecule has 0 bridgehead atoms. The highest BCUT2D eigenvalue weighted by Gasteiger charge is 2.25. The maximum Gasteiger partial charge on any atom is 0.270 e. The lowest BCUT2D eigenvalue weighted by atomic mass is 9.84. The molecule has 1 fully saturated rings. The molecule has 0 spiro atoms. The predicted molar refractivity (Wildman–Crippen MR) is 71.2 cm³/mol. The third kappa shape index (κ3) is 3.07. The highest BCUT2D eigenvalue weighted by atomic mass is 16.1. The van der Waals surface area contributed by atoms with E-state index < -0.39 is 0 Å². The monoisotopic (exact) mass is 247 g/mol. The number of aryl methyl sites for hydroxylation is 1. The second-order valence-corrected chi connectivity index (χ2v) is 5.02. The van der Waals surface area contributed by atoms with Crippen molar-refractivity contribution in [2.75, 3.05) is 6.54 Å². The summed E-state index contributed by atoms with van der Waals surface area (Å²) < 4.78 is 0. The molecule has 18 heavy (non-hydrogen) atoms. The van der Waals surface area contributed by atoms with Crippen LogP contribution >= 0.6 is 0 Å². The van der Waals surface area contributed by atoms with Crippen LogP contribution in [0.5, 0.6) is 0 Å². The highest BCUT2D eigenvalue weighted by molar-refractivity contribution is 5.92. The number of pyridine rings is 1. The molecule has 1 aliphatic carbocycles. The van der Waals surface area contributed by atoms with E-state index in [1.54, 1.807) is 6.07 Å². The largest absolute Gasteiger partial charge is 0.348 e. The average Bonchev–Trinajstić information content (AvgIpc) is 2.39. The van der Waals surface area contributed by atoms with Crippen LogP contribution in [0.1, 0.15) is 41.9 Å². The summed E-state index contributed by atoms with van der Waals surface area (Å²) in [7, 11) is 0. The van der Waals surface area contributed by atoms with Gasteiger partial charge < -0.3 is 11.1 Å². The van der Waals surface area contributed by atoms with E-state index in [0.717, 1.165) is 18.5 Å². The first-order chi connectivity index (χ1) is 8.70. The fourth-order valence-corrected chi connectivity index (χ4v) is 2.59. The molecule has 3 N–H and O–H groups in total. The molecule has 1 aromatic heterocycles. The van der Waals surface area contributed by atoms with Crippen LogP contribution in [0.2, 0.25) is 0 Å². The third-order valence-electron chi connectivity index (χ3n) is 3.65. The Balaban J connectivity index is 2.02. The Kier molecular flexibility index (Phi) is 4.31. The van der Waals surface area contributed by atoms with E-state index in [1.165, 1.54) is 12.8 Å². The van der Waals surface area contributed by atoms with Gasteiger partial charge in [0.25, 0.3) is 5.91 Å². The van der Waals surface area contributed by atoms with Crippen molar-refractivity contribution in [2.45, 2.75) is 38.6 Å². The van der Waals surface area contributed by atoms with Gasteiger partial charge in [0.15, 0.2) is 0 Å². The molecule has 0 saturated heterocycles. The van der Waals surface area contributed by atoms with Gasteiger partial charge in [-0.25, -0.2) is 4.98 Å². The SMILES string of the molecule is Cc1cccc(C(=O)NC2CCCCC2CN)n1. The first-order valence-electron chi connectivity index (χ1n) is 6.65. The number of nitrogens with zero attached hydrogens (tertiary/aromatic N) is 1. The number of carbonyl (C=O) groups is 1. The van der Waals surface area contributed by atoms with Crippen molar-refractivity contribution < 1.29 is 4.79 Å². The molecule has 1 heterocycles. The minimum absolute atomic E-state index is 0.0796. The van der Waals surface area contributed by atoms with Crippen molar-refractivity contribution in [3.8, 4) is 0 Å².